The molecule has 1 aliphatic carbocycles. The molecular formula is C25H29N5O. The molecule has 1 aliphatic heterocycles. The van der Waals surface area contributed by atoms with Crippen molar-refractivity contribution in [1.82, 2.24) is 14.7 Å². The molecule has 0 bridgehead atoms. The molecule has 2 aliphatic rings. The molecule has 1 N–H and O–H groups in total. The summed E-state index contributed by atoms with van der Waals surface area (Å²) in [4.78, 5) is 17.5. The Morgan fingerprint density at radius 1 is 1.00 bits per heavy atom. The van der Waals surface area contributed by atoms with Crippen molar-refractivity contribution in [3.05, 3.63) is 71.9 Å². The summed E-state index contributed by atoms with van der Waals surface area (Å²) in [7, 11) is 0. The zero-order chi connectivity index (χ0) is 21.2. The van der Waals surface area contributed by atoms with E-state index in [1.165, 1.54) is 24.1 Å². The minimum absolute atomic E-state index is 0.0174. The number of carbonyl (C=O) groups is 1. The highest BCUT2D eigenvalue weighted by Crippen LogP contribution is 2.40. The van der Waals surface area contributed by atoms with Gasteiger partial charge in [0.05, 0.1) is 17.9 Å². The van der Waals surface area contributed by atoms with Gasteiger partial charge >= 0.3 is 0 Å². The van der Waals surface area contributed by atoms with Gasteiger partial charge in [0.2, 0.25) is 5.91 Å². The second kappa shape index (κ2) is 8.55. The molecule has 1 saturated heterocycles. The highest BCUT2D eigenvalue weighted by Gasteiger charge is 2.28. The number of anilines is 2. The molecule has 2 heterocycles. The molecule has 5 rings (SSSR count). The second-order valence-electron chi connectivity index (χ2n) is 8.57. The quantitative estimate of drug-likeness (QED) is 0.665. The van der Waals surface area contributed by atoms with Crippen molar-refractivity contribution >= 4 is 17.4 Å². The number of piperazine rings is 1. The minimum Gasteiger partial charge on any atom is -0.369 e. The number of rotatable bonds is 6. The van der Waals surface area contributed by atoms with Gasteiger partial charge in [-0.2, -0.15) is 5.10 Å². The Kier molecular flexibility index (Phi) is 5.47. The summed E-state index contributed by atoms with van der Waals surface area (Å²) >= 11 is 0. The van der Waals surface area contributed by atoms with Gasteiger partial charge in [-0.3, -0.25) is 9.69 Å². The van der Waals surface area contributed by atoms with Gasteiger partial charge in [-0.25, -0.2) is 4.68 Å². The van der Waals surface area contributed by atoms with E-state index in [-0.39, 0.29) is 5.91 Å². The van der Waals surface area contributed by atoms with E-state index in [0.29, 0.717) is 12.5 Å². The van der Waals surface area contributed by atoms with E-state index in [1.54, 1.807) is 0 Å². The third-order valence-electron chi connectivity index (χ3n) is 6.19. The summed E-state index contributed by atoms with van der Waals surface area (Å²) in [6, 6.07) is 20.6. The lowest BCUT2D eigenvalue weighted by atomic mass is 10.1. The first-order valence-corrected chi connectivity index (χ1v) is 11.2. The van der Waals surface area contributed by atoms with Gasteiger partial charge in [-0.15, -0.1) is 0 Å². The van der Waals surface area contributed by atoms with Crippen LogP contribution in [0.15, 0.2) is 60.7 Å². The van der Waals surface area contributed by atoms with Crippen LogP contribution in [0.2, 0.25) is 0 Å². The van der Waals surface area contributed by atoms with Crippen molar-refractivity contribution in [3.8, 4) is 5.69 Å². The molecule has 1 aromatic heterocycles. The second-order valence-corrected chi connectivity index (χ2v) is 8.57. The highest BCUT2D eigenvalue weighted by atomic mass is 16.2. The normalized spacial score (nSPS) is 17.0. The Morgan fingerprint density at radius 2 is 1.71 bits per heavy atom. The predicted octanol–water partition coefficient (Wildman–Crippen LogP) is 3.82. The number of aromatic nitrogens is 2. The van der Waals surface area contributed by atoms with Gasteiger partial charge in [0.1, 0.15) is 5.82 Å². The van der Waals surface area contributed by atoms with E-state index in [9.17, 15) is 4.79 Å². The average molecular weight is 416 g/mol. The maximum Gasteiger partial charge on any atom is 0.239 e. The van der Waals surface area contributed by atoms with Crippen LogP contribution in [-0.4, -0.2) is 53.3 Å². The Balaban J connectivity index is 1.22. The maximum absolute atomic E-state index is 12.9. The lowest BCUT2D eigenvalue weighted by molar-refractivity contribution is -0.117. The fourth-order valence-corrected chi connectivity index (χ4v) is 4.28. The van der Waals surface area contributed by atoms with Crippen LogP contribution in [0.25, 0.3) is 5.69 Å². The monoisotopic (exact) mass is 415 g/mol. The van der Waals surface area contributed by atoms with E-state index in [0.717, 1.165) is 43.4 Å². The van der Waals surface area contributed by atoms with E-state index < -0.39 is 0 Å². The Hall–Kier alpha value is -3.12. The van der Waals surface area contributed by atoms with Crippen molar-refractivity contribution in [1.29, 1.82) is 0 Å². The molecule has 1 amide bonds. The van der Waals surface area contributed by atoms with Crippen molar-refractivity contribution in [2.75, 3.05) is 42.9 Å². The highest BCUT2D eigenvalue weighted by molar-refractivity contribution is 5.91. The third-order valence-corrected chi connectivity index (χ3v) is 6.19. The van der Waals surface area contributed by atoms with Crippen LogP contribution in [0.4, 0.5) is 11.5 Å². The van der Waals surface area contributed by atoms with Crippen molar-refractivity contribution in [3.63, 3.8) is 0 Å². The molecule has 160 valence electrons. The number of amides is 1. The van der Waals surface area contributed by atoms with Crippen LogP contribution in [0.1, 0.15) is 30.0 Å². The molecule has 2 fully saturated rings. The van der Waals surface area contributed by atoms with Crippen LogP contribution in [0.5, 0.6) is 0 Å². The fourth-order valence-electron chi connectivity index (χ4n) is 4.28. The van der Waals surface area contributed by atoms with Gasteiger partial charge in [0.15, 0.2) is 0 Å². The molecule has 3 aromatic rings. The SMILES string of the molecule is Cc1ccccc1N1CCN(CC(=O)Nc2cc(C3CC3)nn2-c2ccccc2)CC1. The summed E-state index contributed by atoms with van der Waals surface area (Å²) in [5, 5.41) is 7.89. The average Bonchev–Trinajstić information content (AvgIpc) is 3.56. The van der Waals surface area contributed by atoms with Crippen molar-refractivity contribution in [2.24, 2.45) is 0 Å². The van der Waals surface area contributed by atoms with Gasteiger partial charge in [0.25, 0.3) is 0 Å². The lowest BCUT2D eigenvalue weighted by Crippen LogP contribution is -2.48. The van der Waals surface area contributed by atoms with Crippen LogP contribution >= 0.6 is 0 Å². The molecular weight excluding hydrogens is 386 g/mol. The summed E-state index contributed by atoms with van der Waals surface area (Å²) in [6.45, 7) is 6.19. The standard InChI is InChI=1S/C25H29N5O/c1-19-7-5-6-10-23(19)29-15-13-28(14-16-29)18-25(31)26-24-17-22(20-11-12-20)27-30(24)21-8-3-2-4-9-21/h2-10,17,20H,11-16,18H2,1H3,(H,26,31). The molecule has 31 heavy (non-hydrogen) atoms. The summed E-state index contributed by atoms with van der Waals surface area (Å²) < 4.78 is 1.86. The predicted molar refractivity (Wildman–Crippen MR) is 124 cm³/mol. The first-order valence-electron chi connectivity index (χ1n) is 11.2. The fraction of sp³-hybridized carbons (Fsp3) is 0.360. The topological polar surface area (TPSA) is 53.4 Å². The lowest BCUT2D eigenvalue weighted by Gasteiger charge is -2.36. The van der Waals surface area contributed by atoms with Gasteiger partial charge in [-0.05, 0) is 43.5 Å². The minimum atomic E-state index is 0.0174. The van der Waals surface area contributed by atoms with E-state index in [2.05, 4.69) is 46.3 Å². The molecule has 2 aromatic carbocycles. The number of carbonyl (C=O) groups excluding carboxylic acids is 1. The molecule has 0 atom stereocenters. The first-order chi connectivity index (χ1) is 15.2. The van der Waals surface area contributed by atoms with Gasteiger partial charge in [0, 0.05) is 43.9 Å². The van der Waals surface area contributed by atoms with Crippen LogP contribution in [0, 0.1) is 6.92 Å². The molecule has 0 unspecified atom stereocenters. The first kappa shape index (κ1) is 19.8. The number of benzene rings is 2. The summed E-state index contributed by atoms with van der Waals surface area (Å²) in [5.41, 5.74) is 4.64. The van der Waals surface area contributed by atoms with E-state index in [1.807, 2.05) is 41.1 Å². The Bertz CT molecular complexity index is 1050. The van der Waals surface area contributed by atoms with E-state index >= 15 is 0 Å². The number of hydrogen-bond acceptors (Lipinski definition) is 4. The third kappa shape index (κ3) is 4.49. The largest absolute Gasteiger partial charge is 0.369 e. The smallest absolute Gasteiger partial charge is 0.239 e. The zero-order valence-corrected chi connectivity index (χ0v) is 18.0. The van der Waals surface area contributed by atoms with Crippen LogP contribution in [-0.2, 0) is 4.79 Å². The molecule has 6 nitrogen and oxygen atoms in total. The zero-order valence-electron chi connectivity index (χ0n) is 18.0. The Labute approximate surface area is 183 Å². The van der Waals surface area contributed by atoms with Crippen LogP contribution < -0.4 is 10.2 Å². The number of nitrogens with one attached hydrogen (secondary N) is 1. The molecule has 6 heteroatoms. The van der Waals surface area contributed by atoms with Gasteiger partial charge < -0.3 is 10.2 Å². The number of hydrogen-bond donors (Lipinski definition) is 1. The number of aryl methyl sites for hydroxylation is 1. The summed E-state index contributed by atoms with van der Waals surface area (Å²) in [6.07, 6.45) is 2.37. The molecule has 0 radical (unpaired) electrons. The van der Waals surface area contributed by atoms with Crippen molar-refractivity contribution in [2.45, 2.75) is 25.7 Å². The Morgan fingerprint density at radius 3 is 2.42 bits per heavy atom. The number of nitrogens with zero attached hydrogens (tertiary/aromatic N) is 4. The maximum atomic E-state index is 12.9. The van der Waals surface area contributed by atoms with Gasteiger partial charge in [-0.1, -0.05) is 36.4 Å². The molecule has 0 spiro atoms. The van der Waals surface area contributed by atoms with Crippen molar-refractivity contribution < 1.29 is 4.79 Å². The molecule has 1 saturated carbocycles. The van der Waals surface area contributed by atoms with E-state index in [4.69, 9.17) is 5.10 Å². The summed E-state index contributed by atoms with van der Waals surface area (Å²) in [5.74, 6) is 1.32. The number of para-hydroxylation sites is 2. The van der Waals surface area contributed by atoms with Crippen LogP contribution in [0.3, 0.4) is 0 Å².